The molecule has 0 amide bonds. The zero-order chi connectivity index (χ0) is 52.0. The summed E-state index contributed by atoms with van der Waals surface area (Å²) in [7, 11) is 0. The van der Waals surface area contributed by atoms with Gasteiger partial charge in [0.1, 0.15) is 6.61 Å². The lowest BCUT2D eigenvalue weighted by molar-refractivity contribution is -0.162. The second-order valence-corrected chi connectivity index (χ2v) is 19.5. The van der Waals surface area contributed by atoms with Crippen molar-refractivity contribution in [3.63, 3.8) is 0 Å². The fourth-order valence-corrected chi connectivity index (χ4v) is 8.01. The summed E-state index contributed by atoms with van der Waals surface area (Å²) in [5.74, 6) is -0.511. The van der Waals surface area contributed by atoms with Gasteiger partial charge in [-0.3, -0.25) is 9.59 Å². The first-order chi connectivity index (χ1) is 35.6. The Kier molecular flexibility index (Phi) is 58.4. The van der Waals surface area contributed by atoms with E-state index in [0.29, 0.717) is 25.9 Å². The third-order valence-electron chi connectivity index (χ3n) is 12.5. The summed E-state index contributed by atoms with van der Waals surface area (Å²) >= 11 is 0. The van der Waals surface area contributed by atoms with E-state index in [9.17, 15) is 9.59 Å². The SMILES string of the molecule is CC/C=C\C/C=C\C/C=C\C/C=C\C/C=C\C/C=C\CCC(=O)OCC(COCCCCCCCCCC/C=C\CCCCCCCC)OC(=O)CCCCCCCC/C=C\C/C=C\C/C=C\CCCCC. The molecule has 1 atom stereocenters. The smallest absolute Gasteiger partial charge is 0.306 e. The maximum atomic E-state index is 12.9. The van der Waals surface area contributed by atoms with Crippen molar-refractivity contribution in [2.24, 2.45) is 0 Å². The average Bonchev–Trinajstić information content (AvgIpc) is 3.38. The van der Waals surface area contributed by atoms with Gasteiger partial charge in [0.2, 0.25) is 0 Å². The Morgan fingerprint density at radius 1 is 0.319 bits per heavy atom. The Hall–Kier alpha value is -3.70. The van der Waals surface area contributed by atoms with E-state index < -0.39 is 6.10 Å². The van der Waals surface area contributed by atoms with E-state index in [1.165, 1.54) is 135 Å². The predicted octanol–water partition coefficient (Wildman–Crippen LogP) is 20.9. The first-order valence-electron chi connectivity index (χ1n) is 30.1. The minimum atomic E-state index is -0.585. The number of carbonyl (C=O) groups excluding carboxylic acids is 2. The number of unbranched alkanes of at least 4 members (excludes halogenated alkanes) is 23. The van der Waals surface area contributed by atoms with Crippen LogP contribution in [-0.2, 0) is 23.8 Å². The Balaban J connectivity index is 4.44. The lowest BCUT2D eigenvalue weighted by Crippen LogP contribution is -2.30. The van der Waals surface area contributed by atoms with Crippen LogP contribution in [0.2, 0.25) is 0 Å². The highest BCUT2D eigenvalue weighted by atomic mass is 16.6. The van der Waals surface area contributed by atoms with Crippen molar-refractivity contribution in [1.29, 1.82) is 0 Å². The largest absolute Gasteiger partial charge is 0.462 e. The molecule has 410 valence electrons. The Morgan fingerprint density at radius 3 is 1.10 bits per heavy atom. The van der Waals surface area contributed by atoms with Gasteiger partial charge in [0.15, 0.2) is 6.10 Å². The van der Waals surface area contributed by atoms with E-state index >= 15 is 0 Å². The highest BCUT2D eigenvalue weighted by molar-refractivity contribution is 5.70. The zero-order valence-electron chi connectivity index (χ0n) is 47.2. The topological polar surface area (TPSA) is 61.8 Å². The van der Waals surface area contributed by atoms with Crippen LogP contribution in [0.25, 0.3) is 0 Å². The molecule has 0 aliphatic carbocycles. The molecule has 0 bridgehead atoms. The van der Waals surface area contributed by atoms with Crippen molar-refractivity contribution in [3.05, 3.63) is 122 Å². The molecule has 0 saturated carbocycles. The highest BCUT2D eigenvalue weighted by Crippen LogP contribution is 2.14. The molecule has 1 unspecified atom stereocenters. The number of esters is 2. The second kappa shape index (κ2) is 61.6. The van der Waals surface area contributed by atoms with Gasteiger partial charge in [-0.2, -0.15) is 0 Å². The molecule has 0 rings (SSSR count). The third-order valence-corrected chi connectivity index (χ3v) is 12.5. The molecule has 0 aliphatic heterocycles. The molecule has 0 N–H and O–H groups in total. The van der Waals surface area contributed by atoms with Gasteiger partial charge in [0, 0.05) is 19.4 Å². The summed E-state index contributed by atoms with van der Waals surface area (Å²) < 4.78 is 17.4. The quantitative estimate of drug-likeness (QED) is 0.0345. The summed E-state index contributed by atoms with van der Waals surface area (Å²) in [6.07, 6.45) is 86.6. The first-order valence-corrected chi connectivity index (χ1v) is 30.1. The Bertz CT molecular complexity index is 1450. The minimum Gasteiger partial charge on any atom is -0.462 e. The molecule has 0 aliphatic rings. The van der Waals surface area contributed by atoms with E-state index in [1.54, 1.807) is 0 Å². The predicted molar refractivity (Wildman–Crippen MR) is 316 cm³/mol. The molecule has 0 spiro atoms. The number of hydrogen-bond donors (Lipinski definition) is 0. The van der Waals surface area contributed by atoms with Gasteiger partial charge in [-0.05, 0) is 122 Å². The Morgan fingerprint density at radius 2 is 0.653 bits per heavy atom. The van der Waals surface area contributed by atoms with Gasteiger partial charge in [0.05, 0.1) is 6.61 Å². The summed E-state index contributed by atoms with van der Waals surface area (Å²) in [5, 5.41) is 0. The highest BCUT2D eigenvalue weighted by Gasteiger charge is 2.17. The lowest BCUT2D eigenvalue weighted by Gasteiger charge is -2.18. The molecule has 0 saturated heterocycles. The van der Waals surface area contributed by atoms with Crippen LogP contribution in [0.5, 0.6) is 0 Å². The standard InChI is InChI=1S/C67H112O5/c1-4-7-10-13-16-19-22-25-28-31-34-36-39-42-45-48-51-54-57-60-66(68)71-64-65(63-70-62-59-56-53-50-47-44-41-38-33-30-27-24-21-18-15-12-9-6-3)72-67(69)61-58-55-52-49-46-43-40-37-35-32-29-26-23-20-17-14-11-8-5-2/h7,10,16-17,19-20,25-30,34-37,42,45,51,54,65H,4-6,8-9,11-15,18,21-24,31-33,38-41,43-44,46-50,52-53,55-64H2,1-3H3/b10-7-,19-16-,20-17-,28-25-,29-26-,30-27-,36-34-,37-35-,45-42-,54-51-. The monoisotopic (exact) mass is 997 g/mol. The normalized spacial score (nSPS) is 13.1. The van der Waals surface area contributed by atoms with E-state index in [1.807, 2.05) is 6.08 Å². The van der Waals surface area contributed by atoms with Gasteiger partial charge in [0.25, 0.3) is 0 Å². The summed E-state index contributed by atoms with van der Waals surface area (Å²) in [6.45, 7) is 7.59. The van der Waals surface area contributed by atoms with Crippen LogP contribution < -0.4 is 0 Å². The molecule has 0 radical (unpaired) electrons. The third kappa shape index (κ3) is 58.9. The molecular weight excluding hydrogens is 885 g/mol. The van der Waals surface area contributed by atoms with Gasteiger partial charge < -0.3 is 14.2 Å². The van der Waals surface area contributed by atoms with Gasteiger partial charge in [-0.25, -0.2) is 0 Å². The van der Waals surface area contributed by atoms with Crippen LogP contribution in [0.15, 0.2) is 122 Å². The average molecular weight is 998 g/mol. The fourth-order valence-electron chi connectivity index (χ4n) is 8.01. The summed E-state index contributed by atoms with van der Waals surface area (Å²) in [6, 6.07) is 0. The summed E-state index contributed by atoms with van der Waals surface area (Å²) in [4.78, 5) is 25.5. The van der Waals surface area contributed by atoms with Gasteiger partial charge in [-0.15, -0.1) is 0 Å². The van der Waals surface area contributed by atoms with Crippen molar-refractivity contribution in [3.8, 4) is 0 Å². The van der Waals surface area contributed by atoms with Gasteiger partial charge in [-0.1, -0.05) is 251 Å². The molecule has 72 heavy (non-hydrogen) atoms. The van der Waals surface area contributed by atoms with Crippen molar-refractivity contribution < 1.29 is 23.8 Å². The molecule has 5 heteroatoms. The fraction of sp³-hybridized carbons (Fsp3) is 0.672. The van der Waals surface area contributed by atoms with Crippen LogP contribution in [0, 0.1) is 0 Å². The molecule has 0 fully saturated rings. The number of carbonyl (C=O) groups is 2. The van der Waals surface area contributed by atoms with Crippen LogP contribution in [0.4, 0.5) is 0 Å². The number of allylic oxidation sites excluding steroid dienone is 20. The number of rotatable bonds is 54. The van der Waals surface area contributed by atoms with Crippen molar-refractivity contribution in [1.82, 2.24) is 0 Å². The van der Waals surface area contributed by atoms with E-state index in [-0.39, 0.29) is 25.2 Å². The van der Waals surface area contributed by atoms with E-state index in [4.69, 9.17) is 14.2 Å². The molecular formula is C67H112O5. The molecule has 0 aromatic heterocycles. The van der Waals surface area contributed by atoms with Crippen LogP contribution in [0.3, 0.4) is 0 Å². The molecule has 0 aromatic carbocycles. The molecule has 0 aromatic rings. The number of ether oxygens (including phenoxy) is 3. The number of hydrogen-bond acceptors (Lipinski definition) is 5. The molecule has 5 nitrogen and oxygen atoms in total. The summed E-state index contributed by atoms with van der Waals surface area (Å²) in [5.41, 5.74) is 0. The van der Waals surface area contributed by atoms with Crippen LogP contribution in [-0.4, -0.2) is 37.9 Å². The van der Waals surface area contributed by atoms with Crippen LogP contribution in [0.1, 0.15) is 265 Å². The maximum Gasteiger partial charge on any atom is 0.306 e. The van der Waals surface area contributed by atoms with Gasteiger partial charge >= 0.3 is 11.9 Å². The van der Waals surface area contributed by atoms with E-state index in [0.717, 1.165) is 89.9 Å². The van der Waals surface area contributed by atoms with Crippen molar-refractivity contribution >= 4 is 11.9 Å². The first kappa shape index (κ1) is 68.3. The molecule has 0 heterocycles. The van der Waals surface area contributed by atoms with Crippen LogP contribution >= 0.6 is 0 Å². The lowest BCUT2D eigenvalue weighted by atomic mass is 10.1. The van der Waals surface area contributed by atoms with Crippen molar-refractivity contribution in [2.75, 3.05) is 19.8 Å². The van der Waals surface area contributed by atoms with E-state index in [2.05, 4.69) is 136 Å². The second-order valence-electron chi connectivity index (χ2n) is 19.5. The maximum absolute atomic E-state index is 12.9. The van der Waals surface area contributed by atoms with Crippen molar-refractivity contribution in [2.45, 2.75) is 271 Å². The minimum absolute atomic E-state index is 0.0323. The Labute approximate surface area is 446 Å². The zero-order valence-corrected chi connectivity index (χ0v) is 47.2.